The molecule has 2 aliphatic heterocycles. The van der Waals surface area contributed by atoms with Crippen LogP contribution in [0.15, 0.2) is 50.9 Å². The van der Waals surface area contributed by atoms with Crippen LogP contribution in [-0.4, -0.2) is 61.0 Å². The number of nitrogens with zero attached hydrogens (tertiary/aromatic N) is 3. The number of carbonyl (C=O) groups is 2. The maximum absolute atomic E-state index is 12.5. The highest BCUT2D eigenvalue weighted by atomic mass is 16.6. The lowest BCUT2D eigenvalue weighted by atomic mass is 9.87. The van der Waals surface area contributed by atoms with Crippen molar-refractivity contribution in [1.82, 2.24) is 19.5 Å². The Morgan fingerprint density at radius 2 is 1.89 bits per heavy atom. The highest BCUT2D eigenvalue weighted by Crippen LogP contribution is 2.46. The van der Waals surface area contributed by atoms with Crippen LogP contribution in [0.5, 0.6) is 5.75 Å². The van der Waals surface area contributed by atoms with Gasteiger partial charge in [-0.1, -0.05) is 13.8 Å². The van der Waals surface area contributed by atoms with Crippen LogP contribution in [0, 0.1) is 5.92 Å². The molecule has 0 bridgehead atoms. The zero-order chi connectivity index (χ0) is 32.5. The van der Waals surface area contributed by atoms with Gasteiger partial charge in [0.2, 0.25) is 0 Å². The number of aliphatic hydroxyl groups excluding tert-OH is 1. The molecule has 0 spiro atoms. The topological polar surface area (TPSA) is 185 Å². The van der Waals surface area contributed by atoms with Gasteiger partial charge in [-0.3, -0.25) is 19.0 Å². The number of aromatic amines is 1. The Morgan fingerprint density at radius 1 is 1.13 bits per heavy atom. The molecule has 4 atom stereocenters. The Labute approximate surface area is 257 Å². The van der Waals surface area contributed by atoms with E-state index in [0.29, 0.717) is 27.9 Å². The maximum atomic E-state index is 12.5. The minimum atomic E-state index is -0.969. The number of esters is 2. The van der Waals surface area contributed by atoms with Gasteiger partial charge in [0.1, 0.15) is 23.2 Å². The van der Waals surface area contributed by atoms with E-state index >= 15 is 0 Å². The predicted molar refractivity (Wildman–Crippen MR) is 159 cm³/mol. The second-order valence-corrected chi connectivity index (χ2v) is 11.9. The number of hydrogen-bond acceptors (Lipinski definition) is 12. The van der Waals surface area contributed by atoms with Gasteiger partial charge in [-0.15, -0.1) is 0 Å². The lowest BCUT2D eigenvalue weighted by Gasteiger charge is -2.43. The molecule has 0 unspecified atom stereocenters. The summed E-state index contributed by atoms with van der Waals surface area (Å²) in [5.41, 5.74) is -0.309. The number of aromatic nitrogens is 4. The molecule has 2 N–H and O–H groups in total. The zero-order valence-electron chi connectivity index (χ0n) is 25.6. The third-order valence-electron chi connectivity index (χ3n) is 7.50. The van der Waals surface area contributed by atoms with E-state index in [0.717, 1.165) is 12.8 Å². The monoisotopic (exact) mass is 624 g/mol. The first-order valence-corrected chi connectivity index (χ1v) is 14.7. The van der Waals surface area contributed by atoms with Crippen molar-refractivity contribution < 1.29 is 38.1 Å². The number of imidazole rings is 1. The summed E-state index contributed by atoms with van der Waals surface area (Å²) >= 11 is 0. The van der Waals surface area contributed by atoms with Crippen LogP contribution in [-0.2, 0) is 23.8 Å². The third-order valence-corrected chi connectivity index (χ3v) is 7.50. The fourth-order valence-electron chi connectivity index (χ4n) is 5.48. The minimum absolute atomic E-state index is 0.0111. The van der Waals surface area contributed by atoms with E-state index in [1.165, 1.54) is 19.3 Å². The van der Waals surface area contributed by atoms with Crippen molar-refractivity contribution in [3.8, 4) is 5.75 Å². The van der Waals surface area contributed by atoms with Gasteiger partial charge in [-0.2, -0.15) is 0 Å². The summed E-state index contributed by atoms with van der Waals surface area (Å²) in [7, 11) is 0. The average Bonchev–Trinajstić information content (AvgIpc) is 3.62. The Morgan fingerprint density at radius 3 is 2.58 bits per heavy atom. The molecule has 240 valence electrons. The van der Waals surface area contributed by atoms with Crippen molar-refractivity contribution >= 4 is 34.1 Å². The number of aliphatic hydroxyl groups is 1. The van der Waals surface area contributed by atoms with Crippen molar-refractivity contribution in [2.45, 2.75) is 84.0 Å². The van der Waals surface area contributed by atoms with Crippen LogP contribution in [0.25, 0.3) is 22.1 Å². The fourth-order valence-corrected chi connectivity index (χ4v) is 5.48. The summed E-state index contributed by atoms with van der Waals surface area (Å²) in [5.74, 6) is -0.456. The lowest BCUT2D eigenvalue weighted by molar-refractivity contribution is -0.189. The first-order valence-electron chi connectivity index (χ1n) is 14.7. The number of nitrogens with one attached hydrogen (secondary N) is 1. The second-order valence-electron chi connectivity index (χ2n) is 11.9. The van der Waals surface area contributed by atoms with Crippen molar-refractivity contribution in [3.63, 3.8) is 0 Å². The molecular formula is C31H36N4O10. The van der Waals surface area contributed by atoms with Crippen LogP contribution >= 0.6 is 0 Å². The van der Waals surface area contributed by atoms with Gasteiger partial charge in [0.15, 0.2) is 23.4 Å². The molecule has 5 heterocycles. The van der Waals surface area contributed by atoms with Crippen molar-refractivity contribution in [1.29, 1.82) is 0 Å². The van der Waals surface area contributed by atoms with Gasteiger partial charge in [-0.05, 0) is 50.8 Å². The summed E-state index contributed by atoms with van der Waals surface area (Å²) in [6.07, 6.45) is 2.46. The van der Waals surface area contributed by atoms with E-state index < -0.39 is 35.4 Å². The maximum Gasteiger partial charge on any atom is 0.336 e. The predicted octanol–water partition coefficient (Wildman–Crippen LogP) is 3.32. The van der Waals surface area contributed by atoms with Crippen LogP contribution in [0.2, 0.25) is 0 Å². The molecule has 1 fully saturated rings. The number of H-pyrrole nitrogens is 1. The largest absolute Gasteiger partial charge is 0.483 e. The Balaban J connectivity index is 0.000000200. The van der Waals surface area contributed by atoms with Gasteiger partial charge in [-0.25, -0.2) is 14.8 Å². The second kappa shape index (κ2) is 12.8. The van der Waals surface area contributed by atoms with E-state index in [4.69, 9.17) is 28.5 Å². The summed E-state index contributed by atoms with van der Waals surface area (Å²) < 4.78 is 30.1. The Hall–Kier alpha value is -4.56. The normalized spacial score (nSPS) is 21.9. The Kier molecular flexibility index (Phi) is 9.07. The first kappa shape index (κ1) is 31.9. The van der Waals surface area contributed by atoms with E-state index in [2.05, 4.69) is 15.0 Å². The van der Waals surface area contributed by atoms with Gasteiger partial charge in [0.05, 0.1) is 30.9 Å². The zero-order valence-corrected chi connectivity index (χ0v) is 25.6. The number of benzene rings is 1. The average molecular weight is 625 g/mol. The SMILES string of the molecule is CC(=O)O[C@@H]1[C@H](OC(=O)CC(C)C)c2c(ccc3ccc(=O)oc23)OC1(C)C.O=c1[nH]cnc2c1ncn2[C@H]1CC[C@@H](CO)O1. The minimum Gasteiger partial charge on any atom is -0.483 e. The molecule has 4 aromatic rings. The van der Waals surface area contributed by atoms with E-state index in [-0.39, 0.29) is 42.4 Å². The summed E-state index contributed by atoms with van der Waals surface area (Å²) in [6, 6.07) is 6.42. The molecular weight excluding hydrogens is 588 g/mol. The quantitative estimate of drug-likeness (QED) is 0.236. The van der Waals surface area contributed by atoms with Crippen LogP contribution in [0.1, 0.15) is 71.8 Å². The van der Waals surface area contributed by atoms with Gasteiger partial charge in [0, 0.05) is 24.8 Å². The molecule has 0 aliphatic carbocycles. The van der Waals surface area contributed by atoms with E-state index in [1.807, 2.05) is 13.8 Å². The summed E-state index contributed by atoms with van der Waals surface area (Å²) in [4.78, 5) is 58.1. The number of rotatable bonds is 6. The highest BCUT2D eigenvalue weighted by Gasteiger charge is 2.49. The van der Waals surface area contributed by atoms with Crippen molar-refractivity contribution in [3.05, 3.63) is 63.3 Å². The highest BCUT2D eigenvalue weighted by molar-refractivity contribution is 5.83. The van der Waals surface area contributed by atoms with E-state index in [9.17, 15) is 19.2 Å². The van der Waals surface area contributed by atoms with E-state index in [1.54, 1.807) is 42.9 Å². The first-order chi connectivity index (χ1) is 21.4. The molecule has 0 radical (unpaired) electrons. The smallest absolute Gasteiger partial charge is 0.336 e. The molecule has 0 amide bonds. The molecule has 14 heteroatoms. The third kappa shape index (κ3) is 6.76. The van der Waals surface area contributed by atoms with Gasteiger partial charge >= 0.3 is 17.6 Å². The molecule has 45 heavy (non-hydrogen) atoms. The van der Waals surface area contributed by atoms with Crippen LogP contribution in [0.4, 0.5) is 0 Å². The number of fused-ring (bicyclic) bond motifs is 4. The molecule has 14 nitrogen and oxygen atoms in total. The standard InChI is InChI=1S/C21H24O7.C10H12N4O3/c1-11(2)10-16(24)27-19-17-14(28-21(4,5)20(19)25-12(3)22)8-6-13-7-9-15(23)26-18(13)17;15-3-6-1-2-7(17-6)14-5-13-8-9(14)11-4-12-10(8)16/h6-9,11,19-20H,10H2,1-5H3;4-7,15H,1-3H2,(H,11,12,16)/t19-,20-;6-,7+/m10/s1. The number of hydrogen-bond donors (Lipinski definition) is 2. The number of carbonyl (C=O) groups excluding carboxylic acids is 2. The van der Waals surface area contributed by atoms with Crippen LogP contribution < -0.4 is 15.9 Å². The summed E-state index contributed by atoms with van der Waals surface area (Å²) in [6.45, 7) is 8.59. The summed E-state index contributed by atoms with van der Waals surface area (Å²) in [5, 5.41) is 9.66. The van der Waals surface area contributed by atoms with Gasteiger partial charge in [0.25, 0.3) is 5.56 Å². The molecule has 1 saturated heterocycles. The molecule has 0 saturated carbocycles. The molecule has 6 rings (SSSR count). The van der Waals surface area contributed by atoms with Crippen LogP contribution in [0.3, 0.4) is 0 Å². The lowest BCUT2D eigenvalue weighted by Crippen LogP contribution is -2.52. The molecule has 2 aliphatic rings. The fraction of sp³-hybridized carbons (Fsp3) is 0.484. The Bertz CT molecular complexity index is 1820. The number of ether oxygens (including phenoxy) is 4. The molecule has 1 aromatic carbocycles. The van der Waals surface area contributed by atoms with Gasteiger partial charge < -0.3 is 33.5 Å². The van der Waals surface area contributed by atoms with Crippen molar-refractivity contribution in [2.75, 3.05) is 6.61 Å². The van der Waals surface area contributed by atoms with Crippen molar-refractivity contribution in [2.24, 2.45) is 5.92 Å². The molecule has 3 aromatic heterocycles.